The molecule has 0 saturated heterocycles. The number of hydrogen-bond donors (Lipinski definition) is 0. The number of aryl methyl sites for hydroxylation is 1. The van der Waals surface area contributed by atoms with Gasteiger partial charge in [-0.05, 0) is 45.3 Å². The first-order valence-electron chi connectivity index (χ1n) is 11.0. The van der Waals surface area contributed by atoms with Gasteiger partial charge < -0.3 is 4.57 Å². The number of imide groups is 1. The van der Waals surface area contributed by atoms with Gasteiger partial charge in [0.1, 0.15) is 5.56 Å². The fraction of sp³-hybridized carbons (Fsp3) is 0.0690. The number of amides is 2. The average Bonchev–Trinajstić information content (AvgIpc) is 2.87. The van der Waals surface area contributed by atoms with Crippen molar-refractivity contribution in [3.63, 3.8) is 0 Å². The predicted molar refractivity (Wildman–Crippen MR) is 134 cm³/mol. The van der Waals surface area contributed by atoms with Crippen molar-refractivity contribution >= 4 is 33.4 Å². The second kappa shape index (κ2) is 8.79. The fourth-order valence-corrected chi connectivity index (χ4v) is 4.29. The van der Waals surface area contributed by atoms with E-state index < -0.39 is 17.4 Å². The Kier molecular flexibility index (Phi) is 5.52. The van der Waals surface area contributed by atoms with Crippen molar-refractivity contribution < 1.29 is 9.59 Å². The second-order valence-electron chi connectivity index (χ2n) is 8.21. The van der Waals surface area contributed by atoms with Crippen LogP contribution in [0.1, 0.15) is 26.3 Å². The van der Waals surface area contributed by atoms with Gasteiger partial charge in [-0.25, -0.2) is 0 Å². The summed E-state index contributed by atoms with van der Waals surface area (Å²) in [6, 6.07) is 29.7. The standard InChI is InChI=1S/C29H22N2O3/c1-30-17-9-16-25(27(30)32)28(33)31(19-20-10-3-2-4-11-20)29(34)26-23-14-7-5-12-21(23)18-22-13-6-8-15-24(22)26/h2-18H,19H2,1H3. The fourth-order valence-electron chi connectivity index (χ4n) is 4.29. The molecule has 0 bridgehead atoms. The van der Waals surface area contributed by atoms with Crippen molar-refractivity contribution in [3.8, 4) is 0 Å². The molecule has 2 amide bonds. The number of carbonyl (C=O) groups excluding carboxylic acids is 2. The Balaban J connectivity index is 1.73. The van der Waals surface area contributed by atoms with E-state index in [4.69, 9.17) is 0 Å². The van der Waals surface area contributed by atoms with Crippen molar-refractivity contribution in [1.82, 2.24) is 9.47 Å². The molecule has 0 radical (unpaired) electrons. The summed E-state index contributed by atoms with van der Waals surface area (Å²) in [5, 5.41) is 3.34. The van der Waals surface area contributed by atoms with Crippen LogP contribution in [-0.4, -0.2) is 21.3 Å². The maximum Gasteiger partial charge on any atom is 0.266 e. The van der Waals surface area contributed by atoms with Gasteiger partial charge >= 0.3 is 0 Å². The highest BCUT2D eigenvalue weighted by molar-refractivity contribution is 6.22. The third kappa shape index (κ3) is 3.77. The molecule has 0 saturated carbocycles. The Labute approximate surface area is 196 Å². The zero-order valence-corrected chi connectivity index (χ0v) is 18.6. The Bertz CT molecular complexity index is 1550. The Morgan fingerprint density at radius 3 is 1.97 bits per heavy atom. The number of pyridine rings is 1. The first kappa shape index (κ1) is 21.3. The molecule has 0 N–H and O–H groups in total. The van der Waals surface area contributed by atoms with E-state index in [2.05, 4.69) is 0 Å². The molecule has 0 aliphatic heterocycles. The number of nitrogens with zero attached hydrogens (tertiary/aromatic N) is 2. The first-order valence-corrected chi connectivity index (χ1v) is 11.0. The quantitative estimate of drug-likeness (QED) is 0.283. The number of aromatic nitrogens is 1. The topological polar surface area (TPSA) is 59.4 Å². The Hall–Kier alpha value is -4.51. The van der Waals surface area contributed by atoms with Crippen LogP contribution in [0.2, 0.25) is 0 Å². The summed E-state index contributed by atoms with van der Waals surface area (Å²) >= 11 is 0. The van der Waals surface area contributed by atoms with Crippen LogP contribution in [0.3, 0.4) is 0 Å². The van der Waals surface area contributed by atoms with Crippen molar-refractivity contribution in [2.45, 2.75) is 6.54 Å². The van der Waals surface area contributed by atoms with E-state index in [-0.39, 0.29) is 12.1 Å². The summed E-state index contributed by atoms with van der Waals surface area (Å²) in [5.41, 5.74) is 0.757. The molecule has 5 heteroatoms. The minimum Gasteiger partial charge on any atom is -0.318 e. The number of hydrogen-bond acceptors (Lipinski definition) is 3. The Morgan fingerprint density at radius 2 is 1.32 bits per heavy atom. The molecule has 166 valence electrons. The van der Waals surface area contributed by atoms with Gasteiger partial charge in [0.25, 0.3) is 17.4 Å². The minimum absolute atomic E-state index is 0.0428. The average molecular weight is 447 g/mol. The molecular formula is C29H22N2O3. The first-order chi connectivity index (χ1) is 16.5. The maximum atomic E-state index is 14.2. The lowest BCUT2D eigenvalue weighted by Gasteiger charge is -2.23. The van der Waals surface area contributed by atoms with Crippen LogP contribution in [0.15, 0.2) is 108 Å². The monoisotopic (exact) mass is 446 g/mol. The molecule has 0 fully saturated rings. The van der Waals surface area contributed by atoms with Crippen LogP contribution < -0.4 is 5.56 Å². The highest BCUT2D eigenvalue weighted by Gasteiger charge is 2.29. The van der Waals surface area contributed by atoms with Crippen LogP contribution in [-0.2, 0) is 13.6 Å². The number of carbonyl (C=O) groups is 2. The molecule has 0 aliphatic carbocycles. The zero-order chi connectivity index (χ0) is 23.7. The van der Waals surface area contributed by atoms with Crippen LogP contribution in [0.5, 0.6) is 0 Å². The van der Waals surface area contributed by atoms with Crippen LogP contribution in [0.25, 0.3) is 21.5 Å². The van der Waals surface area contributed by atoms with Crippen molar-refractivity contribution in [2.24, 2.45) is 7.05 Å². The van der Waals surface area contributed by atoms with E-state index in [0.29, 0.717) is 5.56 Å². The maximum absolute atomic E-state index is 14.2. The second-order valence-corrected chi connectivity index (χ2v) is 8.21. The van der Waals surface area contributed by atoms with E-state index in [1.54, 1.807) is 19.3 Å². The molecule has 0 aliphatic rings. The lowest BCUT2D eigenvalue weighted by Crippen LogP contribution is -2.40. The summed E-state index contributed by atoms with van der Waals surface area (Å²) < 4.78 is 1.34. The van der Waals surface area contributed by atoms with Gasteiger partial charge in [0.15, 0.2) is 0 Å². The predicted octanol–water partition coefficient (Wildman–Crippen LogP) is 5.17. The summed E-state index contributed by atoms with van der Waals surface area (Å²) in [7, 11) is 1.58. The molecule has 5 rings (SSSR count). The smallest absolute Gasteiger partial charge is 0.266 e. The molecule has 0 unspecified atom stereocenters. The molecular weight excluding hydrogens is 424 g/mol. The third-order valence-corrected chi connectivity index (χ3v) is 6.01. The normalized spacial score (nSPS) is 11.0. The largest absolute Gasteiger partial charge is 0.318 e. The number of benzene rings is 4. The van der Waals surface area contributed by atoms with E-state index >= 15 is 0 Å². The van der Waals surface area contributed by atoms with E-state index in [1.165, 1.54) is 15.5 Å². The lowest BCUT2D eigenvalue weighted by molar-refractivity contribution is 0.0604. The van der Waals surface area contributed by atoms with Gasteiger partial charge in [-0.1, -0.05) is 78.9 Å². The van der Waals surface area contributed by atoms with Crippen LogP contribution in [0.4, 0.5) is 0 Å². The van der Waals surface area contributed by atoms with Gasteiger partial charge in [-0.2, -0.15) is 0 Å². The van der Waals surface area contributed by atoms with Gasteiger partial charge in [0.05, 0.1) is 12.1 Å². The molecule has 34 heavy (non-hydrogen) atoms. The van der Waals surface area contributed by atoms with E-state index in [1.807, 2.05) is 84.9 Å². The van der Waals surface area contributed by atoms with Gasteiger partial charge in [0.2, 0.25) is 0 Å². The highest BCUT2D eigenvalue weighted by atomic mass is 16.2. The van der Waals surface area contributed by atoms with E-state index in [9.17, 15) is 14.4 Å². The summed E-state index contributed by atoms with van der Waals surface area (Å²) in [6.45, 7) is 0.0497. The molecule has 5 nitrogen and oxygen atoms in total. The lowest BCUT2D eigenvalue weighted by atomic mass is 9.95. The molecule has 1 aromatic heterocycles. The summed E-state index contributed by atoms with van der Waals surface area (Å²) in [4.78, 5) is 41.8. The minimum atomic E-state index is -0.618. The summed E-state index contributed by atoms with van der Waals surface area (Å²) in [5.74, 6) is -1.06. The zero-order valence-electron chi connectivity index (χ0n) is 18.6. The third-order valence-electron chi connectivity index (χ3n) is 6.01. The van der Waals surface area contributed by atoms with Crippen LogP contribution >= 0.6 is 0 Å². The molecule has 4 aromatic carbocycles. The molecule has 5 aromatic rings. The van der Waals surface area contributed by atoms with Gasteiger partial charge in [-0.3, -0.25) is 19.3 Å². The van der Waals surface area contributed by atoms with E-state index in [0.717, 1.165) is 27.1 Å². The number of fused-ring (bicyclic) bond motifs is 2. The number of rotatable bonds is 4. The summed E-state index contributed by atoms with van der Waals surface area (Å²) in [6.07, 6.45) is 1.58. The molecule has 1 heterocycles. The Morgan fingerprint density at radius 1 is 0.735 bits per heavy atom. The highest BCUT2D eigenvalue weighted by Crippen LogP contribution is 2.30. The molecule has 0 atom stereocenters. The van der Waals surface area contributed by atoms with Gasteiger partial charge in [0, 0.05) is 13.2 Å². The van der Waals surface area contributed by atoms with Crippen LogP contribution in [0, 0.1) is 0 Å². The van der Waals surface area contributed by atoms with Crippen molar-refractivity contribution in [1.29, 1.82) is 0 Å². The SMILES string of the molecule is Cn1cccc(C(=O)N(Cc2ccccc2)C(=O)c2c3ccccc3cc3ccccc23)c1=O. The van der Waals surface area contributed by atoms with Crippen molar-refractivity contribution in [2.75, 3.05) is 0 Å². The van der Waals surface area contributed by atoms with Gasteiger partial charge in [-0.15, -0.1) is 0 Å². The van der Waals surface area contributed by atoms with Crippen molar-refractivity contribution in [3.05, 3.63) is 130 Å². The molecule has 0 spiro atoms.